The van der Waals surface area contributed by atoms with E-state index < -0.39 is 0 Å². The molecular weight excluding hydrogens is 361 g/mol. The van der Waals surface area contributed by atoms with Crippen molar-refractivity contribution in [2.75, 3.05) is 5.32 Å². The number of nitrogens with one attached hydrogen (secondary N) is 1. The second-order valence-corrected chi connectivity index (χ2v) is 5.69. The third kappa shape index (κ3) is 3.19. The Morgan fingerprint density at radius 2 is 1.70 bits per heavy atom. The minimum absolute atomic E-state index is 0.723. The molecule has 100 valence electrons. The summed E-state index contributed by atoms with van der Waals surface area (Å²) in [6.45, 7) is 0.723. The van der Waals surface area contributed by atoms with Crippen LogP contribution in [0.4, 0.5) is 5.69 Å². The molecule has 0 saturated carbocycles. The van der Waals surface area contributed by atoms with Crippen LogP contribution in [0.25, 0.3) is 5.69 Å². The van der Waals surface area contributed by atoms with Crippen LogP contribution >= 0.6 is 22.6 Å². The van der Waals surface area contributed by atoms with Crippen molar-refractivity contribution in [3.8, 4) is 5.69 Å². The van der Waals surface area contributed by atoms with E-state index >= 15 is 0 Å². The van der Waals surface area contributed by atoms with Crippen LogP contribution in [0.15, 0.2) is 66.9 Å². The number of anilines is 1. The van der Waals surface area contributed by atoms with Crippen molar-refractivity contribution in [1.82, 2.24) is 9.78 Å². The first-order chi connectivity index (χ1) is 9.81. The number of nitrogens with zero attached hydrogens (tertiary/aromatic N) is 2. The van der Waals surface area contributed by atoms with Gasteiger partial charge in [-0.15, -0.1) is 0 Å². The van der Waals surface area contributed by atoms with Crippen LogP contribution < -0.4 is 5.32 Å². The van der Waals surface area contributed by atoms with Gasteiger partial charge in [0.2, 0.25) is 0 Å². The van der Waals surface area contributed by atoms with Crippen LogP contribution in [0.1, 0.15) is 5.69 Å². The third-order valence-electron chi connectivity index (χ3n) is 2.98. The van der Waals surface area contributed by atoms with Gasteiger partial charge in [-0.1, -0.05) is 18.2 Å². The average molecular weight is 375 g/mol. The maximum absolute atomic E-state index is 4.57. The molecule has 0 bridgehead atoms. The fraction of sp³-hybridized carbons (Fsp3) is 0.0625. The summed E-state index contributed by atoms with van der Waals surface area (Å²) < 4.78 is 3.13. The summed E-state index contributed by atoms with van der Waals surface area (Å²) >= 11 is 2.30. The van der Waals surface area contributed by atoms with Crippen LogP contribution in [-0.4, -0.2) is 9.78 Å². The highest BCUT2D eigenvalue weighted by molar-refractivity contribution is 14.1. The molecule has 0 amide bonds. The summed E-state index contributed by atoms with van der Waals surface area (Å²) in [7, 11) is 0. The van der Waals surface area contributed by atoms with E-state index in [0.717, 1.165) is 23.6 Å². The van der Waals surface area contributed by atoms with Crippen LogP contribution in [0.5, 0.6) is 0 Å². The van der Waals surface area contributed by atoms with Crippen LogP contribution in [-0.2, 0) is 6.54 Å². The first kappa shape index (κ1) is 13.2. The van der Waals surface area contributed by atoms with Crippen molar-refractivity contribution < 1.29 is 0 Å². The molecule has 0 atom stereocenters. The van der Waals surface area contributed by atoms with E-state index in [1.807, 2.05) is 47.3 Å². The molecule has 3 rings (SSSR count). The summed E-state index contributed by atoms with van der Waals surface area (Å²) in [5, 5.41) is 7.94. The van der Waals surface area contributed by atoms with Crippen molar-refractivity contribution in [2.45, 2.75) is 6.54 Å². The highest BCUT2D eigenvalue weighted by Gasteiger charge is 2.01. The predicted octanol–water partition coefficient (Wildman–Crippen LogP) is 4.09. The molecule has 0 aliphatic carbocycles. The molecule has 0 aliphatic heterocycles. The minimum Gasteiger partial charge on any atom is -0.379 e. The van der Waals surface area contributed by atoms with E-state index in [1.54, 1.807) is 0 Å². The predicted molar refractivity (Wildman–Crippen MR) is 90.0 cm³/mol. The fourth-order valence-corrected chi connectivity index (χ4v) is 2.30. The molecule has 3 nitrogen and oxygen atoms in total. The maximum Gasteiger partial charge on any atom is 0.0819 e. The molecule has 0 spiro atoms. The largest absolute Gasteiger partial charge is 0.379 e. The first-order valence-electron chi connectivity index (χ1n) is 6.41. The molecule has 1 heterocycles. The standard InChI is InChI=1S/C16H14IN3/c17-13-6-8-14(9-7-13)18-12-15-10-11-20(19-15)16-4-2-1-3-5-16/h1-11,18H,12H2. The highest BCUT2D eigenvalue weighted by atomic mass is 127. The molecule has 0 fully saturated rings. The number of halogens is 1. The summed E-state index contributed by atoms with van der Waals surface area (Å²) in [4.78, 5) is 0. The molecule has 0 radical (unpaired) electrons. The molecule has 1 N–H and O–H groups in total. The van der Waals surface area contributed by atoms with E-state index in [-0.39, 0.29) is 0 Å². The Morgan fingerprint density at radius 1 is 0.950 bits per heavy atom. The lowest BCUT2D eigenvalue weighted by molar-refractivity contribution is 0.844. The van der Waals surface area contributed by atoms with E-state index in [2.05, 4.69) is 57.3 Å². The van der Waals surface area contributed by atoms with Crippen molar-refractivity contribution in [3.05, 3.63) is 76.1 Å². The van der Waals surface area contributed by atoms with E-state index in [4.69, 9.17) is 0 Å². The number of benzene rings is 2. The lowest BCUT2D eigenvalue weighted by Crippen LogP contribution is -2.01. The molecule has 0 aliphatic rings. The lowest BCUT2D eigenvalue weighted by atomic mass is 10.3. The van der Waals surface area contributed by atoms with Gasteiger partial charge in [0.15, 0.2) is 0 Å². The molecule has 1 aromatic heterocycles. The highest BCUT2D eigenvalue weighted by Crippen LogP contribution is 2.13. The van der Waals surface area contributed by atoms with Crippen LogP contribution in [0.2, 0.25) is 0 Å². The normalized spacial score (nSPS) is 10.4. The molecular formula is C16H14IN3. The van der Waals surface area contributed by atoms with Crippen molar-refractivity contribution in [3.63, 3.8) is 0 Å². The van der Waals surface area contributed by atoms with Gasteiger partial charge in [0.1, 0.15) is 0 Å². The van der Waals surface area contributed by atoms with Gasteiger partial charge in [0.05, 0.1) is 17.9 Å². The van der Waals surface area contributed by atoms with Gasteiger partial charge >= 0.3 is 0 Å². The van der Waals surface area contributed by atoms with Gasteiger partial charge < -0.3 is 5.32 Å². The molecule has 4 heteroatoms. The van der Waals surface area contributed by atoms with Crippen LogP contribution in [0, 0.1) is 3.57 Å². The quantitative estimate of drug-likeness (QED) is 0.697. The minimum atomic E-state index is 0.723. The summed E-state index contributed by atoms with van der Waals surface area (Å²) in [5.41, 5.74) is 3.21. The van der Waals surface area contributed by atoms with E-state index in [0.29, 0.717) is 0 Å². The third-order valence-corrected chi connectivity index (χ3v) is 3.70. The van der Waals surface area contributed by atoms with Crippen molar-refractivity contribution in [2.24, 2.45) is 0 Å². The van der Waals surface area contributed by atoms with E-state index in [1.165, 1.54) is 3.57 Å². The number of hydrogen-bond acceptors (Lipinski definition) is 2. The maximum atomic E-state index is 4.57. The van der Waals surface area contributed by atoms with Crippen molar-refractivity contribution in [1.29, 1.82) is 0 Å². The number of rotatable bonds is 4. The van der Waals surface area contributed by atoms with Gasteiger partial charge in [0, 0.05) is 15.5 Å². The zero-order chi connectivity index (χ0) is 13.8. The number of para-hydroxylation sites is 1. The lowest BCUT2D eigenvalue weighted by Gasteiger charge is -2.04. The Labute approximate surface area is 131 Å². The first-order valence-corrected chi connectivity index (χ1v) is 7.48. The summed E-state index contributed by atoms with van der Waals surface area (Å²) in [5.74, 6) is 0. The Balaban J connectivity index is 1.67. The molecule has 2 aromatic carbocycles. The molecule has 0 unspecified atom stereocenters. The monoisotopic (exact) mass is 375 g/mol. The summed E-state index contributed by atoms with van der Waals surface area (Å²) in [6, 6.07) is 20.5. The van der Waals surface area contributed by atoms with Crippen LogP contribution in [0.3, 0.4) is 0 Å². The Bertz CT molecular complexity index is 674. The van der Waals surface area contributed by atoms with Crippen molar-refractivity contribution >= 4 is 28.3 Å². The SMILES string of the molecule is Ic1ccc(NCc2ccn(-c3ccccc3)n2)cc1. The Morgan fingerprint density at radius 3 is 2.45 bits per heavy atom. The zero-order valence-electron chi connectivity index (χ0n) is 10.8. The van der Waals surface area contributed by atoms with Gasteiger partial charge in [-0.05, 0) is 65.1 Å². The molecule has 3 aromatic rings. The molecule has 20 heavy (non-hydrogen) atoms. The average Bonchev–Trinajstić information content (AvgIpc) is 2.97. The number of aromatic nitrogens is 2. The van der Waals surface area contributed by atoms with Gasteiger partial charge in [-0.25, -0.2) is 4.68 Å². The topological polar surface area (TPSA) is 29.9 Å². The second-order valence-electron chi connectivity index (χ2n) is 4.45. The smallest absolute Gasteiger partial charge is 0.0819 e. The fourth-order valence-electron chi connectivity index (χ4n) is 1.94. The van der Waals surface area contributed by atoms with Gasteiger partial charge in [-0.3, -0.25) is 0 Å². The van der Waals surface area contributed by atoms with E-state index in [9.17, 15) is 0 Å². The number of hydrogen-bond donors (Lipinski definition) is 1. The zero-order valence-corrected chi connectivity index (χ0v) is 13.0. The second kappa shape index (κ2) is 6.09. The Kier molecular flexibility index (Phi) is 4.01. The summed E-state index contributed by atoms with van der Waals surface area (Å²) in [6.07, 6.45) is 1.99. The molecule has 0 saturated heterocycles. The van der Waals surface area contributed by atoms with Gasteiger partial charge in [-0.2, -0.15) is 5.10 Å². The van der Waals surface area contributed by atoms with Gasteiger partial charge in [0.25, 0.3) is 0 Å². The Hall–Kier alpha value is -1.82.